The number of aryl methyl sites for hydroxylation is 1. The van der Waals surface area contributed by atoms with Crippen LogP contribution in [0.3, 0.4) is 0 Å². The largest absolute Gasteiger partial charge is 0.471 e. The zero-order chi connectivity index (χ0) is 21.3. The lowest BCUT2D eigenvalue weighted by molar-refractivity contribution is -0.173. The quantitative estimate of drug-likeness (QED) is 0.699. The third-order valence-corrected chi connectivity index (χ3v) is 6.04. The molecular weight excluding hydrogens is 427 g/mol. The highest BCUT2D eigenvalue weighted by Gasteiger charge is 2.43. The summed E-state index contributed by atoms with van der Waals surface area (Å²) in [6, 6.07) is 6.38. The van der Waals surface area contributed by atoms with Gasteiger partial charge in [0.25, 0.3) is 5.91 Å². The monoisotopic (exact) mass is 445 g/mol. The van der Waals surface area contributed by atoms with Crippen molar-refractivity contribution in [3.63, 3.8) is 0 Å². The smallest absolute Gasteiger partial charge is 0.346 e. The number of aromatic nitrogens is 1. The Morgan fingerprint density at radius 1 is 1.38 bits per heavy atom. The van der Waals surface area contributed by atoms with Gasteiger partial charge in [-0.15, -0.1) is 11.3 Å². The van der Waals surface area contributed by atoms with Gasteiger partial charge in [0.2, 0.25) is 0 Å². The first kappa shape index (κ1) is 21.6. The molecule has 1 aliphatic rings. The molecule has 5 nitrogen and oxygen atoms in total. The molecular formula is C19H19ClF3N3O2S. The first-order valence-electron chi connectivity index (χ1n) is 8.95. The van der Waals surface area contributed by atoms with Crippen LogP contribution in [0.15, 0.2) is 24.3 Å². The van der Waals surface area contributed by atoms with Crippen LogP contribution in [-0.2, 0) is 4.79 Å². The van der Waals surface area contributed by atoms with E-state index in [1.54, 1.807) is 31.2 Å². The topological polar surface area (TPSA) is 71.1 Å². The number of nitrogens with one attached hydrogen (secondary N) is 2. The van der Waals surface area contributed by atoms with Crippen LogP contribution >= 0.6 is 22.9 Å². The van der Waals surface area contributed by atoms with E-state index < -0.39 is 24.0 Å². The van der Waals surface area contributed by atoms with Crippen molar-refractivity contribution in [1.82, 2.24) is 15.6 Å². The van der Waals surface area contributed by atoms with Crippen LogP contribution in [0.1, 0.15) is 28.8 Å². The molecule has 1 saturated carbocycles. The molecule has 2 N–H and O–H groups in total. The van der Waals surface area contributed by atoms with Gasteiger partial charge in [-0.25, -0.2) is 4.98 Å². The van der Waals surface area contributed by atoms with E-state index in [2.05, 4.69) is 10.3 Å². The summed E-state index contributed by atoms with van der Waals surface area (Å²) in [7, 11) is 0. The van der Waals surface area contributed by atoms with Crippen molar-refractivity contribution in [3.8, 4) is 10.4 Å². The fraction of sp³-hybridized carbons (Fsp3) is 0.421. The summed E-state index contributed by atoms with van der Waals surface area (Å²) in [6.07, 6.45) is -4.19. The van der Waals surface area contributed by atoms with Crippen LogP contribution in [0.5, 0.6) is 0 Å². The summed E-state index contributed by atoms with van der Waals surface area (Å²) in [5.74, 6) is -2.25. The normalized spacial score (nSPS) is 19.5. The van der Waals surface area contributed by atoms with E-state index in [-0.39, 0.29) is 24.1 Å². The van der Waals surface area contributed by atoms with Gasteiger partial charge < -0.3 is 10.6 Å². The third-order valence-electron chi connectivity index (χ3n) is 4.78. The number of hydrogen-bond acceptors (Lipinski definition) is 4. The van der Waals surface area contributed by atoms with Gasteiger partial charge in [-0.1, -0.05) is 30.7 Å². The third kappa shape index (κ3) is 5.27. The molecule has 10 heteroatoms. The molecule has 0 spiro atoms. The average Bonchev–Trinajstić information content (AvgIpc) is 3.22. The zero-order valence-corrected chi connectivity index (χ0v) is 17.2. The molecule has 0 unspecified atom stereocenters. The molecule has 1 fully saturated rings. The van der Waals surface area contributed by atoms with E-state index in [1.165, 1.54) is 11.3 Å². The van der Waals surface area contributed by atoms with Gasteiger partial charge in [0.05, 0.1) is 9.88 Å². The van der Waals surface area contributed by atoms with E-state index in [4.69, 9.17) is 11.6 Å². The van der Waals surface area contributed by atoms with Crippen molar-refractivity contribution >= 4 is 34.8 Å². The molecule has 2 amide bonds. The molecule has 1 aromatic carbocycles. The summed E-state index contributed by atoms with van der Waals surface area (Å²) < 4.78 is 37.4. The molecule has 156 valence electrons. The van der Waals surface area contributed by atoms with E-state index in [0.717, 1.165) is 12.0 Å². The minimum Gasteiger partial charge on any atom is -0.346 e. The Hall–Kier alpha value is -2.13. The van der Waals surface area contributed by atoms with Crippen LogP contribution in [0.2, 0.25) is 5.02 Å². The summed E-state index contributed by atoms with van der Waals surface area (Å²) >= 11 is 7.37. The maximum absolute atomic E-state index is 12.9. The van der Waals surface area contributed by atoms with Crippen molar-refractivity contribution in [1.29, 1.82) is 0 Å². The van der Waals surface area contributed by atoms with Gasteiger partial charge in [0, 0.05) is 17.6 Å². The van der Waals surface area contributed by atoms with Crippen molar-refractivity contribution in [2.24, 2.45) is 11.8 Å². The molecule has 0 bridgehead atoms. The number of amides is 2. The fourth-order valence-corrected chi connectivity index (χ4v) is 4.27. The number of thiazole rings is 1. The molecule has 0 aliphatic heterocycles. The Balaban J connectivity index is 1.78. The highest BCUT2D eigenvalue weighted by Crippen LogP contribution is 2.41. The molecule has 29 heavy (non-hydrogen) atoms. The predicted octanol–water partition coefficient (Wildman–Crippen LogP) is 4.20. The minimum atomic E-state index is -4.96. The Morgan fingerprint density at radius 2 is 2.07 bits per heavy atom. The Bertz CT molecular complexity index is 932. The highest BCUT2D eigenvalue weighted by atomic mass is 35.5. The van der Waals surface area contributed by atoms with E-state index in [0.29, 0.717) is 14.9 Å². The van der Waals surface area contributed by atoms with Crippen LogP contribution in [0.4, 0.5) is 13.2 Å². The van der Waals surface area contributed by atoms with Gasteiger partial charge in [0.15, 0.2) is 0 Å². The number of rotatable bonds is 6. The highest BCUT2D eigenvalue weighted by molar-refractivity contribution is 7.15. The van der Waals surface area contributed by atoms with Gasteiger partial charge in [-0.05, 0) is 42.9 Å². The minimum absolute atomic E-state index is 0.00170. The summed E-state index contributed by atoms with van der Waals surface area (Å²) in [5.41, 5.74) is 0.921. The lowest BCUT2D eigenvalue weighted by Gasteiger charge is -2.20. The summed E-state index contributed by atoms with van der Waals surface area (Å²) in [4.78, 5) is 29.0. The second kappa shape index (κ2) is 8.31. The maximum atomic E-state index is 12.9. The number of hydrogen-bond donors (Lipinski definition) is 2. The van der Waals surface area contributed by atoms with Crippen LogP contribution in [0.25, 0.3) is 10.4 Å². The van der Waals surface area contributed by atoms with Gasteiger partial charge in [0.1, 0.15) is 5.69 Å². The number of carbonyl (C=O) groups excluding carboxylic acids is 2. The van der Waals surface area contributed by atoms with Crippen molar-refractivity contribution in [3.05, 3.63) is 40.0 Å². The van der Waals surface area contributed by atoms with Crippen molar-refractivity contribution < 1.29 is 22.8 Å². The number of carbonyl (C=O) groups is 2. The number of nitrogens with zero attached hydrogens (tertiary/aromatic N) is 1. The lowest BCUT2D eigenvalue weighted by atomic mass is 10.1. The molecule has 0 radical (unpaired) electrons. The van der Waals surface area contributed by atoms with Gasteiger partial charge >= 0.3 is 12.1 Å². The average molecular weight is 446 g/mol. The molecule has 1 aliphatic carbocycles. The molecule has 2 aromatic rings. The van der Waals surface area contributed by atoms with Crippen LogP contribution in [0, 0.1) is 18.8 Å². The maximum Gasteiger partial charge on any atom is 0.471 e. The van der Waals surface area contributed by atoms with Gasteiger partial charge in [-0.2, -0.15) is 13.2 Å². The fourth-order valence-electron chi connectivity index (χ4n) is 3.17. The standard InChI is InChI=1S/C19H19ClF3N3O2S/c1-9-6-13(9)14(8-24-18(28)19(21,22)23)26-17(27)15-16(29-10(2)25-15)11-4-3-5-12(20)7-11/h3-5,7,9,13-14H,6,8H2,1-2H3,(H,24,28)(H,26,27)/t9-,13+,14+/m0/s1. The van der Waals surface area contributed by atoms with E-state index in [1.807, 2.05) is 12.2 Å². The molecule has 3 atom stereocenters. The van der Waals surface area contributed by atoms with Crippen molar-refractivity contribution in [2.45, 2.75) is 32.5 Å². The predicted molar refractivity (Wildman–Crippen MR) is 105 cm³/mol. The molecule has 0 saturated heterocycles. The van der Waals surface area contributed by atoms with Gasteiger partial charge in [-0.3, -0.25) is 9.59 Å². The Kier molecular flexibility index (Phi) is 6.19. The van der Waals surface area contributed by atoms with Crippen LogP contribution < -0.4 is 10.6 Å². The number of alkyl halides is 3. The number of benzene rings is 1. The summed E-state index contributed by atoms with van der Waals surface area (Å²) in [5, 5.41) is 5.81. The van der Waals surface area contributed by atoms with Crippen LogP contribution in [-0.4, -0.2) is 35.6 Å². The second-order valence-corrected chi connectivity index (χ2v) is 8.73. The Morgan fingerprint density at radius 3 is 2.66 bits per heavy atom. The first-order chi connectivity index (χ1) is 13.6. The summed E-state index contributed by atoms with van der Waals surface area (Å²) in [6.45, 7) is 3.41. The molecule has 3 rings (SSSR count). The zero-order valence-electron chi connectivity index (χ0n) is 15.6. The Labute approximate surface area is 174 Å². The SMILES string of the molecule is Cc1nc(C(=O)N[C@H](CNC(=O)C(F)(F)F)[C@@H]2C[C@@H]2C)c(-c2cccc(Cl)c2)s1. The molecule has 1 aromatic heterocycles. The van der Waals surface area contributed by atoms with E-state index in [9.17, 15) is 22.8 Å². The lowest BCUT2D eigenvalue weighted by Crippen LogP contribution is -2.48. The van der Waals surface area contributed by atoms with E-state index >= 15 is 0 Å². The van der Waals surface area contributed by atoms with Crippen molar-refractivity contribution in [2.75, 3.05) is 6.54 Å². The molecule has 1 heterocycles. The second-order valence-electron chi connectivity index (χ2n) is 7.09. The first-order valence-corrected chi connectivity index (χ1v) is 10.1. The number of halogens is 4.